The summed E-state index contributed by atoms with van der Waals surface area (Å²) in [6.45, 7) is 2.12. The van der Waals surface area contributed by atoms with Crippen LogP contribution in [0, 0.1) is 11.8 Å². The van der Waals surface area contributed by atoms with Gasteiger partial charge in [-0.3, -0.25) is 0 Å². The molecule has 5 nitrogen and oxygen atoms in total. The first-order valence-corrected chi connectivity index (χ1v) is 8.36. The Bertz CT molecular complexity index is 697. The normalized spacial score (nSPS) is 39.0. The van der Waals surface area contributed by atoms with Crippen LogP contribution in [0.1, 0.15) is 25.7 Å². The topological polar surface area (TPSA) is 49.0 Å². The number of ether oxygens (including phenoxy) is 1. The number of fused-ring (bicyclic) bond motifs is 2. The molecular formula is C17H21N4O+. The Balaban J connectivity index is 1.76. The van der Waals surface area contributed by atoms with E-state index in [1.165, 1.54) is 29.8 Å². The van der Waals surface area contributed by atoms with Crippen LogP contribution in [0.5, 0.6) is 0 Å². The van der Waals surface area contributed by atoms with E-state index < -0.39 is 0 Å². The standard InChI is InChI=1S/C17H21N4O/c1-22-14-6-5-12-15-11-4-2-3-10-9-18-8-7-13(10)21(16(14)15)20-17(11)19-12/h5-6,10-11,14,18H,2-4,7-9H2,1H3/q+1/b21-13-. The maximum absolute atomic E-state index is 5.76. The van der Waals surface area contributed by atoms with Crippen LogP contribution in [0.2, 0.25) is 0 Å². The molecule has 5 heterocycles. The number of piperidine rings is 1. The molecule has 1 N–H and O–H groups in total. The van der Waals surface area contributed by atoms with Crippen molar-refractivity contribution < 1.29 is 9.42 Å². The zero-order valence-electron chi connectivity index (χ0n) is 12.9. The molecule has 6 aliphatic rings. The summed E-state index contributed by atoms with van der Waals surface area (Å²) in [6.07, 6.45) is 8.97. The minimum Gasteiger partial charge on any atom is -0.366 e. The zero-order chi connectivity index (χ0) is 14.7. The number of methoxy groups -OCH3 is 1. The fourth-order valence-electron chi connectivity index (χ4n) is 4.53. The molecule has 6 rings (SSSR count). The fourth-order valence-corrected chi connectivity index (χ4v) is 4.53. The molecule has 3 unspecified atom stereocenters. The van der Waals surface area contributed by atoms with E-state index in [1.54, 1.807) is 7.11 Å². The number of aliphatic imine (C=N–C) groups is 1. The molecule has 0 radical (unpaired) electrons. The molecule has 1 saturated heterocycles. The second kappa shape index (κ2) is 4.70. The molecule has 0 aromatic carbocycles. The lowest BCUT2D eigenvalue weighted by Gasteiger charge is -2.25. The third-order valence-electron chi connectivity index (χ3n) is 5.57. The van der Waals surface area contributed by atoms with E-state index >= 15 is 0 Å². The number of hydrogen-bond donors (Lipinski definition) is 1. The Hall–Kier alpha value is -1.59. The van der Waals surface area contributed by atoms with Gasteiger partial charge in [-0.1, -0.05) is 11.1 Å². The summed E-state index contributed by atoms with van der Waals surface area (Å²) in [7, 11) is 1.79. The van der Waals surface area contributed by atoms with E-state index in [0.29, 0.717) is 11.8 Å². The summed E-state index contributed by atoms with van der Waals surface area (Å²) < 4.78 is 7.97. The third-order valence-corrected chi connectivity index (χ3v) is 5.57. The summed E-state index contributed by atoms with van der Waals surface area (Å²) in [5.74, 6) is 1.99. The number of nitrogens with one attached hydrogen (secondary N) is 1. The van der Waals surface area contributed by atoms with Crippen molar-refractivity contribution in [1.29, 1.82) is 0 Å². The van der Waals surface area contributed by atoms with Gasteiger partial charge < -0.3 is 10.1 Å². The van der Waals surface area contributed by atoms with Gasteiger partial charge >= 0.3 is 0 Å². The van der Waals surface area contributed by atoms with Crippen molar-refractivity contribution in [2.24, 2.45) is 21.9 Å². The second-order valence-corrected chi connectivity index (χ2v) is 6.71. The molecule has 0 aromatic rings. The van der Waals surface area contributed by atoms with Crippen molar-refractivity contribution in [3.8, 4) is 0 Å². The van der Waals surface area contributed by atoms with E-state index in [9.17, 15) is 0 Å². The first-order chi connectivity index (χ1) is 10.9. The van der Waals surface area contributed by atoms with E-state index in [1.807, 2.05) is 0 Å². The summed E-state index contributed by atoms with van der Waals surface area (Å²) in [5.41, 5.74) is 5.19. The lowest BCUT2D eigenvalue weighted by molar-refractivity contribution is -0.497. The zero-order valence-corrected chi connectivity index (χ0v) is 12.9. The van der Waals surface area contributed by atoms with Gasteiger partial charge in [-0.2, -0.15) is 0 Å². The molecule has 0 amide bonds. The highest BCUT2D eigenvalue weighted by Crippen LogP contribution is 2.41. The van der Waals surface area contributed by atoms with Gasteiger partial charge in [-0.05, 0) is 25.0 Å². The highest BCUT2D eigenvalue weighted by molar-refractivity contribution is 6.23. The highest BCUT2D eigenvalue weighted by atomic mass is 16.5. The van der Waals surface area contributed by atoms with Crippen LogP contribution in [0.3, 0.4) is 0 Å². The van der Waals surface area contributed by atoms with Crippen molar-refractivity contribution in [3.05, 3.63) is 23.4 Å². The number of hydrogen-bond acceptors (Lipinski definition) is 4. The van der Waals surface area contributed by atoms with Crippen molar-refractivity contribution >= 4 is 17.3 Å². The molecule has 5 heteroatoms. The second-order valence-electron chi connectivity index (χ2n) is 6.71. The number of amidine groups is 1. The van der Waals surface area contributed by atoms with Crippen LogP contribution in [-0.2, 0) is 4.74 Å². The quantitative estimate of drug-likeness (QED) is 0.745. The number of nitrogens with zero attached hydrogens (tertiary/aromatic N) is 3. The van der Waals surface area contributed by atoms with Crippen LogP contribution < -0.4 is 5.32 Å². The number of hydrazone groups is 1. The van der Waals surface area contributed by atoms with Crippen molar-refractivity contribution in [2.75, 3.05) is 20.2 Å². The van der Waals surface area contributed by atoms with Crippen LogP contribution in [0.15, 0.2) is 33.5 Å². The molecule has 5 aliphatic heterocycles. The summed E-state index contributed by atoms with van der Waals surface area (Å²) in [5, 5.41) is 8.51. The monoisotopic (exact) mass is 297 g/mol. The predicted molar refractivity (Wildman–Crippen MR) is 85.4 cm³/mol. The average molecular weight is 297 g/mol. The maximum atomic E-state index is 5.76. The SMILES string of the molecule is COC1C=CC2=NC3=N/[N+]4=C5/CCNCC5CCCC3C2=C14. The van der Waals surface area contributed by atoms with Crippen LogP contribution in [0.4, 0.5) is 0 Å². The molecule has 4 bridgehead atoms. The Morgan fingerprint density at radius 2 is 2.32 bits per heavy atom. The fraction of sp³-hybridized carbons (Fsp3) is 0.588. The molecule has 0 spiro atoms. The van der Waals surface area contributed by atoms with Crippen molar-refractivity contribution in [1.82, 2.24) is 5.32 Å². The maximum Gasteiger partial charge on any atom is 0.253 e. The van der Waals surface area contributed by atoms with Gasteiger partial charge in [0.25, 0.3) is 5.70 Å². The van der Waals surface area contributed by atoms with Gasteiger partial charge in [0.2, 0.25) is 5.84 Å². The third kappa shape index (κ3) is 1.64. The van der Waals surface area contributed by atoms with Crippen molar-refractivity contribution in [2.45, 2.75) is 31.8 Å². The lowest BCUT2D eigenvalue weighted by Crippen LogP contribution is -2.42. The van der Waals surface area contributed by atoms with E-state index in [0.717, 1.165) is 37.5 Å². The summed E-state index contributed by atoms with van der Waals surface area (Å²) in [4.78, 5) is 4.80. The average Bonchev–Trinajstić information content (AvgIpc) is 2.90. The first kappa shape index (κ1) is 12.9. The Morgan fingerprint density at radius 1 is 1.36 bits per heavy atom. The number of rotatable bonds is 1. The summed E-state index contributed by atoms with van der Waals surface area (Å²) in [6, 6.07) is 0. The smallest absolute Gasteiger partial charge is 0.253 e. The van der Waals surface area contributed by atoms with Gasteiger partial charge in [0.15, 0.2) is 11.8 Å². The predicted octanol–water partition coefficient (Wildman–Crippen LogP) is 1.47. The van der Waals surface area contributed by atoms with Gasteiger partial charge in [0.1, 0.15) is 0 Å². The van der Waals surface area contributed by atoms with Crippen molar-refractivity contribution in [3.63, 3.8) is 0 Å². The Morgan fingerprint density at radius 3 is 3.23 bits per heavy atom. The Kier molecular flexibility index (Phi) is 2.76. The molecule has 114 valence electrons. The van der Waals surface area contributed by atoms with E-state index in [4.69, 9.17) is 14.8 Å². The molecular weight excluding hydrogens is 276 g/mol. The van der Waals surface area contributed by atoms with Gasteiger partial charge in [0.05, 0.1) is 23.1 Å². The first-order valence-electron chi connectivity index (χ1n) is 8.36. The molecule has 0 saturated carbocycles. The van der Waals surface area contributed by atoms with Crippen LogP contribution >= 0.6 is 0 Å². The number of allylic oxidation sites excluding steroid dienone is 1. The molecule has 22 heavy (non-hydrogen) atoms. The molecule has 1 fully saturated rings. The van der Waals surface area contributed by atoms with Gasteiger partial charge in [-0.15, -0.1) is 0 Å². The Labute approximate surface area is 130 Å². The highest BCUT2D eigenvalue weighted by Gasteiger charge is 2.49. The van der Waals surface area contributed by atoms with Crippen LogP contribution in [-0.4, -0.2) is 48.2 Å². The van der Waals surface area contributed by atoms with Crippen LogP contribution in [0.25, 0.3) is 0 Å². The minimum atomic E-state index is 0.000913. The summed E-state index contributed by atoms with van der Waals surface area (Å²) >= 11 is 0. The van der Waals surface area contributed by atoms with E-state index in [2.05, 4.69) is 22.2 Å². The van der Waals surface area contributed by atoms with E-state index in [-0.39, 0.29) is 6.10 Å². The molecule has 3 atom stereocenters. The van der Waals surface area contributed by atoms with Gasteiger partial charge in [0, 0.05) is 31.7 Å². The van der Waals surface area contributed by atoms with Gasteiger partial charge in [-0.25, -0.2) is 4.99 Å². The lowest BCUT2D eigenvalue weighted by atomic mass is 9.85. The molecule has 1 aliphatic carbocycles. The molecule has 0 aromatic heterocycles. The largest absolute Gasteiger partial charge is 0.366 e. The minimum absolute atomic E-state index is 0.000913.